The van der Waals surface area contributed by atoms with Crippen molar-refractivity contribution in [1.82, 2.24) is 5.32 Å². The molecule has 0 unspecified atom stereocenters. The van der Waals surface area contributed by atoms with Crippen LogP contribution in [0.3, 0.4) is 0 Å². The molecular weight excluding hydrogens is 216 g/mol. The summed E-state index contributed by atoms with van der Waals surface area (Å²) >= 11 is 0. The number of amides is 1. The first-order chi connectivity index (χ1) is 8.15. The van der Waals surface area contributed by atoms with Gasteiger partial charge in [0.1, 0.15) is 0 Å². The maximum atomic E-state index is 11.9. The summed E-state index contributed by atoms with van der Waals surface area (Å²) in [6.45, 7) is 2.56. The molecule has 1 fully saturated rings. The highest BCUT2D eigenvalue weighted by molar-refractivity contribution is 5.77. The Balaban J connectivity index is 2.47. The average molecular weight is 242 g/mol. The fourth-order valence-corrected chi connectivity index (χ4v) is 2.65. The minimum atomic E-state index is -0.110. The van der Waals surface area contributed by atoms with Crippen molar-refractivity contribution in [1.29, 1.82) is 0 Å². The maximum absolute atomic E-state index is 11.9. The molecular formula is C13H26N2O2. The van der Waals surface area contributed by atoms with E-state index in [1.807, 2.05) is 6.92 Å². The summed E-state index contributed by atoms with van der Waals surface area (Å²) in [5.74, 6) is 0.0400. The minimum Gasteiger partial charge on any atom is -0.394 e. The van der Waals surface area contributed by atoms with Crippen LogP contribution >= 0.6 is 0 Å². The summed E-state index contributed by atoms with van der Waals surface area (Å²) in [4.78, 5) is 11.9. The molecule has 1 aliphatic carbocycles. The highest BCUT2D eigenvalue weighted by Gasteiger charge is 2.33. The highest BCUT2D eigenvalue weighted by Crippen LogP contribution is 2.38. The van der Waals surface area contributed by atoms with Crippen molar-refractivity contribution in [3.05, 3.63) is 0 Å². The van der Waals surface area contributed by atoms with Crippen molar-refractivity contribution in [2.24, 2.45) is 11.1 Å². The summed E-state index contributed by atoms with van der Waals surface area (Å²) in [6, 6.07) is -0.110. The van der Waals surface area contributed by atoms with Gasteiger partial charge in [-0.05, 0) is 31.2 Å². The van der Waals surface area contributed by atoms with Gasteiger partial charge in [-0.25, -0.2) is 0 Å². The monoisotopic (exact) mass is 242 g/mol. The molecule has 0 aromatic carbocycles. The Morgan fingerprint density at radius 1 is 1.41 bits per heavy atom. The van der Waals surface area contributed by atoms with Gasteiger partial charge in [0, 0.05) is 6.42 Å². The lowest BCUT2D eigenvalue weighted by atomic mass is 9.71. The highest BCUT2D eigenvalue weighted by atomic mass is 16.3. The van der Waals surface area contributed by atoms with Gasteiger partial charge < -0.3 is 16.2 Å². The van der Waals surface area contributed by atoms with Gasteiger partial charge in [-0.3, -0.25) is 4.79 Å². The molecule has 17 heavy (non-hydrogen) atoms. The second kappa shape index (κ2) is 6.97. The van der Waals surface area contributed by atoms with Crippen molar-refractivity contribution in [3.8, 4) is 0 Å². The average Bonchev–Trinajstić information content (AvgIpc) is 2.37. The van der Waals surface area contributed by atoms with E-state index >= 15 is 0 Å². The molecule has 1 amide bonds. The Hall–Kier alpha value is -0.610. The summed E-state index contributed by atoms with van der Waals surface area (Å²) < 4.78 is 0. The van der Waals surface area contributed by atoms with Crippen LogP contribution in [0.5, 0.6) is 0 Å². The lowest BCUT2D eigenvalue weighted by Gasteiger charge is -2.36. The van der Waals surface area contributed by atoms with E-state index in [2.05, 4.69) is 5.32 Å². The molecule has 100 valence electrons. The Labute approximate surface area is 104 Å². The van der Waals surface area contributed by atoms with Gasteiger partial charge in [-0.15, -0.1) is 0 Å². The van der Waals surface area contributed by atoms with Crippen LogP contribution in [-0.4, -0.2) is 30.2 Å². The van der Waals surface area contributed by atoms with Gasteiger partial charge >= 0.3 is 0 Å². The van der Waals surface area contributed by atoms with E-state index in [-0.39, 0.29) is 24.0 Å². The molecule has 0 aromatic heterocycles. The summed E-state index contributed by atoms with van der Waals surface area (Å²) in [7, 11) is 0. The fraction of sp³-hybridized carbons (Fsp3) is 0.923. The van der Waals surface area contributed by atoms with E-state index < -0.39 is 0 Å². The number of carbonyl (C=O) groups excluding carboxylic acids is 1. The third-order valence-electron chi connectivity index (χ3n) is 3.96. The number of aliphatic hydroxyl groups is 1. The molecule has 1 rings (SSSR count). The molecule has 0 heterocycles. The molecule has 1 aliphatic rings. The first kappa shape index (κ1) is 14.5. The van der Waals surface area contributed by atoms with Crippen LogP contribution in [0.1, 0.15) is 51.9 Å². The van der Waals surface area contributed by atoms with Crippen LogP contribution in [0.25, 0.3) is 0 Å². The van der Waals surface area contributed by atoms with Crippen LogP contribution in [-0.2, 0) is 4.79 Å². The normalized spacial score (nSPS) is 20.9. The number of hydrogen-bond acceptors (Lipinski definition) is 3. The molecule has 0 saturated heterocycles. The predicted molar refractivity (Wildman–Crippen MR) is 68.5 cm³/mol. The number of rotatable bonds is 6. The Morgan fingerprint density at radius 2 is 2.06 bits per heavy atom. The van der Waals surface area contributed by atoms with Gasteiger partial charge in [0.05, 0.1) is 12.6 Å². The zero-order valence-electron chi connectivity index (χ0n) is 10.9. The van der Waals surface area contributed by atoms with Gasteiger partial charge in [0.15, 0.2) is 0 Å². The standard InChI is InChI=1S/C13H26N2O2/c1-2-11(9-16)15-12(17)8-13(10-14)6-4-3-5-7-13/h11,16H,2-10,14H2,1H3,(H,15,17)/t11-/m1/s1. The second-order valence-electron chi connectivity index (χ2n) is 5.30. The van der Waals surface area contributed by atoms with Gasteiger partial charge in [0.2, 0.25) is 5.91 Å². The number of nitrogens with two attached hydrogens (primary N) is 1. The number of nitrogens with one attached hydrogen (secondary N) is 1. The SMILES string of the molecule is CC[C@H](CO)NC(=O)CC1(CN)CCCCC1. The molecule has 1 atom stereocenters. The van der Waals surface area contributed by atoms with Gasteiger partial charge in [-0.2, -0.15) is 0 Å². The van der Waals surface area contributed by atoms with Crippen LogP contribution < -0.4 is 11.1 Å². The smallest absolute Gasteiger partial charge is 0.220 e. The van der Waals surface area contributed by atoms with Crippen molar-refractivity contribution in [2.45, 2.75) is 57.9 Å². The second-order valence-corrected chi connectivity index (χ2v) is 5.30. The van der Waals surface area contributed by atoms with Crippen molar-refractivity contribution in [2.75, 3.05) is 13.2 Å². The lowest BCUT2D eigenvalue weighted by Crippen LogP contribution is -2.42. The summed E-state index contributed by atoms with van der Waals surface area (Å²) in [5.41, 5.74) is 5.86. The van der Waals surface area contributed by atoms with E-state index in [1.165, 1.54) is 19.3 Å². The maximum Gasteiger partial charge on any atom is 0.220 e. The molecule has 4 heteroatoms. The predicted octanol–water partition coefficient (Wildman–Crippen LogP) is 1.17. The van der Waals surface area contributed by atoms with Gasteiger partial charge in [-0.1, -0.05) is 26.2 Å². The van der Waals surface area contributed by atoms with Gasteiger partial charge in [0.25, 0.3) is 0 Å². The Kier molecular flexibility index (Phi) is 5.92. The Bertz CT molecular complexity index is 234. The van der Waals surface area contributed by atoms with Crippen molar-refractivity contribution < 1.29 is 9.90 Å². The van der Waals surface area contributed by atoms with E-state index in [9.17, 15) is 4.79 Å². The minimum absolute atomic E-state index is 0.0100. The van der Waals surface area contributed by atoms with Crippen LogP contribution in [0.4, 0.5) is 0 Å². The topological polar surface area (TPSA) is 75.3 Å². The molecule has 0 spiro atoms. The quantitative estimate of drug-likeness (QED) is 0.654. The van der Waals surface area contributed by atoms with Crippen molar-refractivity contribution in [3.63, 3.8) is 0 Å². The third kappa shape index (κ3) is 4.28. The first-order valence-electron chi connectivity index (χ1n) is 6.76. The van der Waals surface area contributed by atoms with E-state index in [0.717, 1.165) is 19.3 Å². The Morgan fingerprint density at radius 3 is 2.53 bits per heavy atom. The van der Waals surface area contributed by atoms with Crippen LogP contribution in [0.15, 0.2) is 0 Å². The molecule has 0 aromatic rings. The largest absolute Gasteiger partial charge is 0.394 e. The van der Waals surface area contributed by atoms with E-state index in [4.69, 9.17) is 10.8 Å². The number of hydrogen-bond donors (Lipinski definition) is 3. The lowest BCUT2D eigenvalue weighted by molar-refractivity contribution is -0.124. The van der Waals surface area contributed by atoms with E-state index in [0.29, 0.717) is 13.0 Å². The summed E-state index contributed by atoms with van der Waals surface area (Å²) in [5, 5.41) is 11.9. The zero-order chi connectivity index (χ0) is 12.7. The molecule has 1 saturated carbocycles. The fourth-order valence-electron chi connectivity index (χ4n) is 2.65. The number of carbonyl (C=O) groups is 1. The van der Waals surface area contributed by atoms with Crippen LogP contribution in [0, 0.1) is 5.41 Å². The van der Waals surface area contributed by atoms with E-state index in [1.54, 1.807) is 0 Å². The molecule has 0 radical (unpaired) electrons. The van der Waals surface area contributed by atoms with Crippen molar-refractivity contribution >= 4 is 5.91 Å². The summed E-state index contributed by atoms with van der Waals surface area (Å²) in [6.07, 6.45) is 7.03. The molecule has 4 N–H and O–H groups in total. The molecule has 0 aliphatic heterocycles. The van der Waals surface area contributed by atoms with Crippen LogP contribution in [0.2, 0.25) is 0 Å². The molecule has 0 bridgehead atoms. The molecule has 4 nitrogen and oxygen atoms in total. The first-order valence-corrected chi connectivity index (χ1v) is 6.76. The number of aliphatic hydroxyl groups excluding tert-OH is 1. The third-order valence-corrected chi connectivity index (χ3v) is 3.96. The zero-order valence-corrected chi connectivity index (χ0v) is 10.9.